The van der Waals surface area contributed by atoms with Crippen molar-refractivity contribution in [3.63, 3.8) is 0 Å². The first-order chi connectivity index (χ1) is 7.54. The SMILES string of the molecule is CCC(c1cccc(O)c1)[C@@H](Cl)CN(C)C. The van der Waals surface area contributed by atoms with E-state index >= 15 is 0 Å². The van der Waals surface area contributed by atoms with Gasteiger partial charge in [0, 0.05) is 12.5 Å². The van der Waals surface area contributed by atoms with E-state index < -0.39 is 0 Å². The highest BCUT2D eigenvalue weighted by atomic mass is 35.5. The zero-order valence-corrected chi connectivity index (χ0v) is 10.9. The maximum absolute atomic E-state index is 9.47. The molecular weight excluding hydrogens is 222 g/mol. The summed E-state index contributed by atoms with van der Waals surface area (Å²) < 4.78 is 0. The molecule has 1 aromatic rings. The average molecular weight is 242 g/mol. The van der Waals surface area contributed by atoms with E-state index in [2.05, 4.69) is 11.8 Å². The molecule has 0 aliphatic carbocycles. The molecule has 1 N–H and O–H groups in total. The minimum absolute atomic E-state index is 0.0711. The minimum atomic E-state index is 0.0711. The molecule has 3 heteroatoms. The summed E-state index contributed by atoms with van der Waals surface area (Å²) in [5.41, 5.74) is 1.12. The molecule has 0 saturated heterocycles. The monoisotopic (exact) mass is 241 g/mol. The lowest BCUT2D eigenvalue weighted by atomic mass is 9.92. The van der Waals surface area contributed by atoms with Gasteiger partial charge in [-0.2, -0.15) is 0 Å². The summed E-state index contributed by atoms with van der Waals surface area (Å²) in [7, 11) is 4.04. The second-order valence-electron chi connectivity index (χ2n) is 4.39. The first-order valence-electron chi connectivity index (χ1n) is 5.62. The fourth-order valence-electron chi connectivity index (χ4n) is 1.93. The van der Waals surface area contributed by atoms with Gasteiger partial charge >= 0.3 is 0 Å². The van der Waals surface area contributed by atoms with E-state index in [0.29, 0.717) is 5.75 Å². The van der Waals surface area contributed by atoms with Crippen LogP contribution in [-0.4, -0.2) is 36.0 Å². The molecule has 0 aromatic heterocycles. The quantitative estimate of drug-likeness (QED) is 0.801. The van der Waals surface area contributed by atoms with E-state index in [4.69, 9.17) is 11.6 Å². The molecule has 0 bridgehead atoms. The smallest absolute Gasteiger partial charge is 0.115 e. The molecule has 2 atom stereocenters. The number of phenolic OH excluding ortho intramolecular Hbond substituents is 1. The highest BCUT2D eigenvalue weighted by molar-refractivity contribution is 6.21. The Balaban J connectivity index is 2.81. The van der Waals surface area contributed by atoms with Gasteiger partial charge in [-0.05, 0) is 38.2 Å². The summed E-state index contributed by atoms with van der Waals surface area (Å²) in [5, 5.41) is 9.54. The number of alkyl halides is 1. The maximum atomic E-state index is 9.47. The van der Waals surface area contributed by atoms with Gasteiger partial charge in [-0.25, -0.2) is 0 Å². The molecule has 0 spiro atoms. The number of halogens is 1. The van der Waals surface area contributed by atoms with Crippen LogP contribution in [0, 0.1) is 0 Å². The topological polar surface area (TPSA) is 23.5 Å². The molecule has 0 aliphatic heterocycles. The highest BCUT2D eigenvalue weighted by Crippen LogP contribution is 2.29. The van der Waals surface area contributed by atoms with Crippen molar-refractivity contribution >= 4 is 11.6 Å². The number of hydrogen-bond donors (Lipinski definition) is 1. The predicted octanol–water partition coefficient (Wildman–Crippen LogP) is 3.05. The van der Waals surface area contributed by atoms with Crippen molar-refractivity contribution in [2.75, 3.05) is 20.6 Å². The molecule has 0 radical (unpaired) electrons. The van der Waals surface area contributed by atoms with Crippen molar-refractivity contribution in [2.45, 2.75) is 24.6 Å². The third-order valence-corrected chi connectivity index (χ3v) is 3.16. The van der Waals surface area contributed by atoms with Crippen LogP contribution in [0.2, 0.25) is 0 Å². The second kappa shape index (κ2) is 6.12. The lowest BCUT2D eigenvalue weighted by Crippen LogP contribution is -2.26. The summed E-state index contributed by atoms with van der Waals surface area (Å²) in [6, 6.07) is 7.39. The molecule has 90 valence electrons. The number of hydrogen-bond acceptors (Lipinski definition) is 2. The Morgan fingerprint density at radius 3 is 2.56 bits per heavy atom. The minimum Gasteiger partial charge on any atom is -0.508 e. The van der Waals surface area contributed by atoms with E-state index in [0.717, 1.165) is 18.5 Å². The molecule has 1 rings (SSSR count). The maximum Gasteiger partial charge on any atom is 0.115 e. The normalized spacial score (nSPS) is 15.1. The lowest BCUT2D eigenvalue weighted by Gasteiger charge is -2.24. The van der Waals surface area contributed by atoms with Crippen LogP contribution < -0.4 is 0 Å². The van der Waals surface area contributed by atoms with Gasteiger partial charge in [0.25, 0.3) is 0 Å². The van der Waals surface area contributed by atoms with E-state index in [1.165, 1.54) is 0 Å². The summed E-state index contributed by atoms with van der Waals surface area (Å²) in [4.78, 5) is 2.09. The Morgan fingerprint density at radius 1 is 1.38 bits per heavy atom. The zero-order valence-electron chi connectivity index (χ0n) is 10.2. The molecule has 0 fully saturated rings. The average Bonchev–Trinajstić information content (AvgIpc) is 2.17. The molecular formula is C13H20ClNO. The van der Waals surface area contributed by atoms with Gasteiger partial charge in [0.2, 0.25) is 0 Å². The Morgan fingerprint density at radius 2 is 2.06 bits per heavy atom. The summed E-state index contributed by atoms with van der Waals surface area (Å²) in [6.45, 7) is 2.97. The zero-order chi connectivity index (χ0) is 12.1. The van der Waals surface area contributed by atoms with Crippen LogP contribution >= 0.6 is 11.6 Å². The molecule has 2 nitrogen and oxygen atoms in total. The molecule has 16 heavy (non-hydrogen) atoms. The number of nitrogens with zero attached hydrogens (tertiary/aromatic N) is 1. The van der Waals surface area contributed by atoms with Crippen molar-refractivity contribution in [1.82, 2.24) is 4.90 Å². The summed E-state index contributed by atoms with van der Waals surface area (Å²) in [6.07, 6.45) is 0.978. The molecule has 0 saturated carbocycles. The highest BCUT2D eigenvalue weighted by Gasteiger charge is 2.20. The molecule has 0 aliphatic rings. The van der Waals surface area contributed by atoms with Crippen LogP contribution in [0.25, 0.3) is 0 Å². The van der Waals surface area contributed by atoms with Gasteiger partial charge in [-0.1, -0.05) is 19.1 Å². The van der Waals surface area contributed by atoms with Crippen LogP contribution in [0.15, 0.2) is 24.3 Å². The number of benzene rings is 1. The van der Waals surface area contributed by atoms with Crippen molar-refractivity contribution in [2.24, 2.45) is 0 Å². The van der Waals surface area contributed by atoms with Crippen LogP contribution in [0.5, 0.6) is 5.75 Å². The number of phenols is 1. The van der Waals surface area contributed by atoms with Crippen LogP contribution in [-0.2, 0) is 0 Å². The van der Waals surface area contributed by atoms with Crippen molar-refractivity contribution < 1.29 is 5.11 Å². The van der Waals surface area contributed by atoms with E-state index in [1.54, 1.807) is 12.1 Å². The first-order valence-corrected chi connectivity index (χ1v) is 6.06. The molecule has 0 amide bonds. The Kier molecular flexibility index (Phi) is 5.10. The van der Waals surface area contributed by atoms with Gasteiger partial charge in [-0.15, -0.1) is 11.6 Å². The third-order valence-electron chi connectivity index (χ3n) is 2.71. The summed E-state index contributed by atoms with van der Waals surface area (Å²) in [5.74, 6) is 0.598. The van der Waals surface area contributed by atoms with Gasteiger partial charge in [0.05, 0.1) is 5.38 Å². The molecule has 1 aromatic carbocycles. The largest absolute Gasteiger partial charge is 0.508 e. The molecule has 0 heterocycles. The predicted molar refractivity (Wildman–Crippen MR) is 69.3 cm³/mol. The number of rotatable bonds is 5. The number of aromatic hydroxyl groups is 1. The van der Waals surface area contributed by atoms with Gasteiger partial charge in [0.15, 0.2) is 0 Å². The van der Waals surface area contributed by atoms with Gasteiger partial charge in [-0.3, -0.25) is 0 Å². The standard InChI is InChI=1S/C13H20ClNO/c1-4-12(13(14)9-15(2)3)10-6-5-7-11(16)8-10/h5-8,12-13,16H,4,9H2,1-3H3/t12?,13-/m0/s1. The first kappa shape index (κ1) is 13.3. The fourth-order valence-corrected chi connectivity index (χ4v) is 2.53. The van der Waals surface area contributed by atoms with E-state index in [1.807, 2.05) is 26.2 Å². The summed E-state index contributed by atoms with van der Waals surface area (Å²) >= 11 is 6.41. The fraction of sp³-hybridized carbons (Fsp3) is 0.538. The van der Waals surface area contributed by atoms with Crippen LogP contribution in [0.1, 0.15) is 24.8 Å². The van der Waals surface area contributed by atoms with Crippen molar-refractivity contribution in [3.05, 3.63) is 29.8 Å². The lowest BCUT2D eigenvalue weighted by molar-refractivity contribution is 0.382. The Bertz CT molecular complexity index is 327. The van der Waals surface area contributed by atoms with E-state index in [-0.39, 0.29) is 11.3 Å². The Labute approximate surface area is 103 Å². The van der Waals surface area contributed by atoms with Gasteiger partial charge < -0.3 is 10.0 Å². The second-order valence-corrected chi connectivity index (χ2v) is 4.95. The molecule has 1 unspecified atom stereocenters. The third kappa shape index (κ3) is 3.69. The van der Waals surface area contributed by atoms with Gasteiger partial charge in [0.1, 0.15) is 5.75 Å². The van der Waals surface area contributed by atoms with Crippen LogP contribution in [0.4, 0.5) is 0 Å². The van der Waals surface area contributed by atoms with Crippen LogP contribution in [0.3, 0.4) is 0 Å². The van der Waals surface area contributed by atoms with E-state index in [9.17, 15) is 5.11 Å². The van der Waals surface area contributed by atoms with Crippen molar-refractivity contribution in [3.8, 4) is 5.75 Å². The van der Waals surface area contributed by atoms with Crippen molar-refractivity contribution in [1.29, 1.82) is 0 Å². The Hall–Kier alpha value is -0.730.